The number of urea groups is 1. The van der Waals surface area contributed by atoms with Gasteiger partial charge in [-0.15, -0.1) is 0 Å². The molecule has 2 atom stereocenters. The van der Waals surface area contributed by atoms with Gasteiger partial charge in [0.05, 0.1) is 18.1 Å². The predicted molar refractivity (Wildman–Crippen MR) is 87.5 cm³/mol. The van der Waals surface area contributed by atoms with Gasteiger partial charge >= 0.3 is 12.0 Å². The number of carbonyl (C=O) groups excluding carboxylic acids is 1. The normalized spacial score (nSPS) is 26.3. The van der Waals surface area contributed by atoms with Gasteiger partial charge in [-0.3, -0.25) is 4.79 Å². The topological polar surface area (TPSA) is 78.9 Å². The lowest BCUT2D eigenvalue weighted by Crippen LogP contribution is -2.43. The third kappa shape index (κ3) is 3.15. The highest BCUT2D eigenvalue weighted by Gasteiger charge is 2.42. The lowest BCUT2D eigenvalue weighted by atomic mass is 9.90. The number of hydrogen-bond acceptors (Lipinski definition) is 3. The van der Waals surface area contributed by atoms with Crippen LogP contribution in [0.3, 0.4) is 0 Å². The van der Waals surface area contributed by atoms with Gasteiger partial charge in [-0.25, -0.2) is 4.79 Å². The van der Waals surface area contributed by atoms with Gasteiger partial charge < -0.3 is 20.1 Å². The Labute approximate surface area is 142 Å². The fourth-order valence-electron chi connectivity index (χ4n) is 3.06. The van der Waals surface area contributed by atoms with Crippen LogP contribution in [0.2, 0.25) is 0 Å². The molecular formula is C16H19BrN2O4. The first-order chi connectivity index (χ1) is 10.9. The molecule has 2 amide bonds. The number of carboxylic acid groups (broad SMARTS) is 1. The number of carboxylic acids is 1. The van der Waals surface area contributed by atoms with Gasteiger partial charge in [0.1, 0.15) is 5.75 Å². The third-order valence-electron chi connectivity index (χ3n) is 4.59. The quantitative estimate of drug-likeness (QED) is 0.823. The molecule has 0 spiro atoms. The number of benzene rings is 1. The largest absolute Gasteiger partial charge is 0.493 e. The molecule has 1 saturated heterocycles. The van der Waals surface area contributed by atoms with Gasteiger partial charge in [0, 0.05) is 29.5 Å². The predicted octanol–water partition coefficient (Wildman–Crippen LogP) is 2.78. The molecule has 3 rings (SSSR count). The Morgan fingerprint density at radius 1 is 1.48 bits per heavy atom. The minimum absolute atomic E-state index is 0.125. The first kappa shape index (κ1) is 16.1. The molecule has 124 valence electrons. The molecule has 0 aromatic heterocycles. The minimum atomic E-state index is -0.854. The van der Waals surface area contributed by atoms with E-state index in [0.29, 0.717) is 26.0 Å². The summed E-state index contributed by atoms with van der Waals surface area (Å²) in [5.74, 6) is -0.0744. The Morgan fingerprint density at radius 2 is 2.26 bits per heavy atom. The number of rotatable bonds is 2. The number of carbonyl (C=O) groups is 2. The lowest BCUT2D eigenvalue weighted by molar-refractivity contribution is -0.147. The Bertz CT molecular complexity index is 651. The monoisotopic (exact) mass is 382 g/mol. The van der Waals surface area contributed by atoms with E-state index in [2.05, 4.69) is 21.2 Å². The summed E-state index contributed by atoms with van der Waals surface area (Å²) in [7, 11) is 0. The fourth-order valence-corrected chi connectivity index (χ4v) is 3.44. The van der Waals surface area contributed by atoms with Crippen molar-refractivity contribution in [3.05, 3.63) is 28.2 Å². The Hall–Kier alpha value is -1.76. The summed E-state index contributed by atoms with van der Waals surface area (Å²) in [6.45, 7) is 2.93. The van der Waals surface area contributed by atoms with Gasteiger partial charge in [0.15, 0.2) is 0 Å². The van der Waals surface area contributed by atoms with Crippen LogP contribution in [0.1, 0.15) is 31.4 Å². The van der Waals surface area contributed by atoms with Crippen molar-refractivity contribution in [2.75, 3.05) is 19.7 Å². The first-order valence-corrected chi connectivity index (χ1v) is 8.39. The molecule has 0 bridgehead atoms. The van der Waals surface area contributed by atoms with Gasteiger partial charge in [0.2, 0.25) is 0 Å². The minimum Gasteiger partial charge on any atom is -0.493 e. The van der Waals surface area contributed by atoms with Crippen molar-refractivity contribution in [1.82, 2.24) is 10.2 Å². The second kappa shape index (κ2) is 6.03. The number of fused-ring (bicyclic) bond motifs is 1. The van der Waals surface area contributed by atoms with Crippen LogP contribution in [0, 0.1) is 5.41 Å². The summed E-state index contributed by atoms with van der Waals surface area (Å²) in [6, 6.07) is 5.40. The molecule has 2 unspecified atom stereocenters. The Kier molecular flexibility index (Phi) is 4.23. The molecule has 6 nitrogen and oxygen atoms in total. The highest BCUT2D eigenvalue weighted by atomic mass is 79.9. The van der Waals surface area contributed by atoms with Crippen LogP contribution in [-0.4, -0.2) is 41.7 Å². The Morgan fingerprint density at radius 3 is 2.96 bits per heavy atom. The summed E-state index contributed by atoms with van der Waals surface area (Å²) in [5, 5.41) is 12.3. The van der Waals surface area contributed by atoms with Gasteiger partial charge in [-0.1, -0.05) is 15.9 Å². The van der Waals surface area contributed by atoms with Crippen molar-refractivity contribution in [3.8, 4) is 5.75 Å². The molecule has 1 aromatic carbocycles. The molecule has 23 heavy (non-hydrogen) atoms. The van der Waals surface area contributed by atoms with E-state index in [1.807, 2.05) is 18.2 Å². The van der Waals surface area contributed by atoms with Crippen molar-refractivity contribution in [2.45, 2.75) is 25.8 Å². The average molecular weight is 383 g/mol. The summed E-state index contributed by atoms with van der Waals surface area (Å²) < 4.78 is 6.55. The maximum absolute atomic E-state index is 12.5. The maximum Gasteiger partial charge on any atom is 0.317 e. The zero-order valence-electron chi connectivity index (χ0n) is 12.8. The maximum atomic E-state index is 12.5. The van der Waals surface area contributed by atoms with Crippen LogP contribution in [0.25, 0.3) is 0 Å². The third-order valence-corrected chi connectivity index (χ3v) is 5.08. The number of halogens is 1. The highest BCUT2D eigenvalue weighted by Crippen LogP contribution is 2.35. The van der Waals surface area contributed by atoms with Crippen molar-refractivity contribution in [2.24, 2.45) is 5.41 Å². The summed E-state index contributed by atoms with van der Waals surface area (Å²) >= 11 is 3.44. The van der Waals surface area contributed by atoms with Crippen molar-refractivity contribution >= 4 is 27.9 Å². The summed E-state index contributed by atoms with van der Waals surface area (Å²) in [6.07, 6.45) is 1.17. The molecule has 7 heteroatoms. The second-order valence-electron chi connectivity index (χ2n) is 6.36. The van der Waals surface area contributed by atoms with Gasteiger partial charge in [-0.05, 0) is 31.5 Å². The molecule has 1 aromatic rings. The highest BCUT2D eigenvalue weighted by molar-refractivity contribution is 9.10. The van der Waals surface area contributed by atoms with Crippen molar-refractivity contribution < 1.29 is 19.4 Å². The number of nitrogens with zero attached hydrogens (tertiary/aromatic N) is 1. The van der Waals surface area contributed by atoms with E-state index in [-0.39, 0.29) is 18.6 Å². The molecule has 2 aliphatic heterocycles. The van der Waals surface area contributed by atoms with E-state index in [4.69, 9.17) is 4.74 Å². The fraction of sp³-hybridized carbons (Fsp3) is 0.500. The number of ether oxygens (including phenoxy) is 1. The van der Waals surface area contributed by atoms with E-state index in [1.54, 1.807) is 11.8 Å². The standard InChI is InChI=1S/C16H19BrN2O4/c1-16(14(20)21)5-6-19(9-16)15(22)18-12-4-7-23-13-3-2-10(17)8-11(12)13/h2-3,8,12H,4-7,9H2,1H3,(H,18,22)(H,20,21). The molecule has 0 radical (unpaired) electrons. The SMILES string of the molecule is CC1(C(=O)O)CCN(C(=O)NC2CCOc3ccc(Br)cc32)C1. The molecule has 2 N–H and O–H groups in total. The number of nitrogens with one attached hydrogen (secondary N) is 1. The number of hydrogen-bond donors (Lipinski definition) is 2. The van der Waals surface area contributed by atoms with E-state index in [0.717, 1.165) is 15.8 Å². The van der Waals surface area contributed by atoms with Crippen LogP contribution < -0.4 is 10.1 Å². The van der Waals surface area contributed by atoms with E-state index in [1.165, 1.54) is 0 Å². The molecule has 2 heterocycles. The van der Waals surface area contributed by atoms with Crippen LogP contribution in [0.4, 0.5) is 4.79 Å². The molecule has 0 saturated carbocycles. The zero-order chi connectivity index (χ0) is 16.6. The number of aliphatic carboxylic acids is 1. The number of likely N-dealkylation sites (tertiary alicyclic amines) is 1. The lowest BCUT2D eigenvalue weighted by Gasteiger charge is -2.29. The van der Waals surface area contributed by atoms with E-state index >= 15 is 0 Å². The Balaban J connectivity index is 1.71. The summed E-state index contributed by atoms with van der Waals surface area (Å²) in [5.41, 5.74) is 0.0905. The van der Waals surface area contributed by atoms with Crippen LogP contribution in [0.15, 0.2) is 22.7 Å². The molecule has 0 aliphatic carbocycles. The van der Waals surface area contributed by atoms with E-state index in [9.17, 15) is 14.7 Å². The van der Waals surface area contributed by atoms with Crippen molar-refractivity contribution in [3.63, 3.8) is 0 Å². The first-order valence-electron chi connectivity index (χ1n) is 7.60. The summed E-state index contributed by atoms with van der Waals surface area (Å²) in [4.78, 5) is 25.4. The second-order valence-corrected chi connectivity index (χ2v) is 7.27. The van der Waals surface area contributed by atoms with Crippen LogP contribution in [-0.2, 0) is 4.79 Å². The van der Waals surface area contributed by atoms with E-state index < -0.39 is 11.4 Å². The zero-order valence-corrected chi connectivity index (χ0v) is 14.4. The van der Waals surface area contributed by atoms with Crippen molar-refractivity contribution in [1.29, 1.82) is 0 Å². The average Bonchev–Trinajstić information content (AvgIpc) is 2.92. The molecule has 2 aliphatic rings. The smallest absolute Gasteiger partial charge is 0.317 e. The molecular weight excluding hydrogens is 364 g/mol. The number of amides is 2. The van der Waals surface area contributed by atoms with Crippen LogP contribution >= 0.6 is 15.9 Å². The van der Waals surface area contributed by atoms with Gasteiger partial charge in [0.25, 0.3) is 0 Å². The van der Waals surface area contributed by atoms with Gasteiger partial charge in [-0.2, -0.15) is 0 Å². The molecule has 1 fully saturated rings. The van der Waals surface area contributed by atoms with Crippen LogP contribution in [0.5, 0.6) is 5.75 Å².